The van der Waals surface area contributed by atoms with Crippen LogP contribution in [0, 0.1) is 0 Å². The molecule has 1 aromatic carbocycles. The zero-order chi connectivity index (χ0) is 14.1. The maximum absolute atomic E-state index is 12.5. The Balaban J connectivity index is 1.99. The summed E-state index contributed by atoms with van der Waals surface area (Å²) in [5.41, 5.74) is 2.33. The number of rotatable bonds is 2. The molecule has 0 unspecified atom stereocenters. The van der Waals surface area contributed by atoms with Crippen LogP contribution in [-0.2, 0) is 17.8 Å². The van der Waals surface area contributed by atoms with Crippen LogP contribution >= 0.6 is 11.6 Å². The van der Waals surface area contributed by atoms with Gasteiger partial charge in [0.25, 0.3) is 6.43 Å². The largest absolute Gasteiger partial charge is 0.376 e. The molecule has 1 aliphatic rings. The second kappa shape index (κ2) is 5.42. The molecule has 0 spiro atoms. The van der Waals surface area contributed by atoms with E-state index in [1.165, 1.54) is 12.1 Å². The molecule has 1 aliphatic heterocycles. The first-order valence-electron chi connectivity index (χ1n) is 6.16. The zero-order valence-corrected chi connectivity index (χ0v) is 11.2. The molecule has 0 fully saturated rings. The van der Waals surface area contributed by atoms with E-state index in [1.807, 2.05) is 0 Å². The fourth-order valence-corrected chi connectivity index (χ4v) is 2.34. The molecule has 20 heavy (non-hydrogen) atoms. The van der Waals surface area contributed by atoms with Gasteiger partial charge in [-0.2, -0.15) is 0 Å². The number of nitrogens with zero attached hydrogens (tertiary/aromatic N) is 2. The summed E-state index contributed by atoms with van der Waals surface area (Å²) in [6, 6.07) is 5.91. The van der Waals surface area contributed by atoms with Crippen molar-refractivity contribution in [2.45, 2.75) is 19.5 Å². The molecule has 0 aliphatic carbocycles. The van der Waals surface area contributed by atoms with Crippen molar-refractivity contribution in [2.24, 2.45) is 0 Å². The van der Waals surface area contributed by atoms with E-state index in [0.29, 0.717) is 36.2 Å². The van der Waals surface area contributed by atoms with Crippen molar-refractivity contribution < 1.29 is 13.5 Å². The first kappa shape index (κ1) is 13.4. The van der Waals surface area contributed by atoms with Crippen LogP contribution in [-0.4, -0.2) is 16.6 Å². The summed E-state index contributed by atoms with van der Waals surface area (Å²) in [5, 5.41) is 0.364. The second-order valence-electron chi connectivity index (χ2n) is 4.49. The lowest BCUT2D eigenvalue weighted by Crippen LogP contribution is -2.14. The Morgan fingerprint density at radius 1 is 1.15 bits per heavy atom. The quantitative estimate of drug-likeness (QED) is 0.791. The molecule has 0 N–H and O–H groups in total. The molecule has 0 amide bonds. The van der Waals surface area contributed by atoms with Gasteiger partial charge in [-0.3, -0.25) is 0 Å². The normalized spacial score (nSPS) is 14.4. The minimum atomic E-state index is -2.48. The average Bonchev–Trinajstić information content (AvgIpc) is 2.47. The SMILES string of the molecule is FC(F)c1ccc(-c2nc(Cl)c3c(n2)CCOC3)cc1. The van der Waals surface area contributed by atoms with Crippen LogP contribution in [0.25, 0.3) is 11.4 Å². The van der Waals surface area contributed by atoms with Crippen LogP contribution in [0.1, 0.15) is 23.2 Å². The number of aromatic nitrogens is 2. The van der Waals surface area contributed by atoms with Gasteiger partial charge < -0.3 is 4.74 Å². The molecule has 3 rings (SSSR count). The molecule has 3 nitrogen and oxygen atoms in total. The molecule has 2 heterocycles. The van der Waals surface area contributed by atoms with Crippen molar-refractivity contribution in [3.05, 3.63) is 46.2 Å². The summed E-state index contributed by atoms with van der Waals surface area (Å²) < 4.78 is 30.4. The molecule has 1 aromatic heterocycles. The molecule has 0 saturated carbocycles. The van der Waals surface area contributed by atoms with E-state index in [2.05, 4.69) is 9.97 Å². The third-order valence-electron chi connectivity index (χ3n) is 3.19. The Kier molecular flexibility index (Phi) is 3.63. The Morgan fingerprint density at radius 3 is 2.60 bits per heavy atom. The van der Waals surface area contributed by atoms with Gasteiger partial charge in [0.2, 0.25) is 0 Å². The lowest BCUT2D eigenvalue weighted by Gasteiger charge is -2.17. The number of halogens is 3. The second-order valence-corrected chi connectivity index (χ2v) is 4.85. The highest BCUT2D eigenvalue weighted by Crippen LogP contribution is 2.27. The molecule has 0 atom stereocenters. The van der Waals surface area contributed by atoms with Gasteiger partial charge in [-0.25, -0.2) is 18.7 Å². The molecule has 0 radical (unpaired) electrons. The van der Waals surface area contributed by atoms with Crippen LogP contribution < -0.4 is 0 Å². The maximum atomic E-state index is 12.5. The van der Waals surface area contributed by atoms with E-state index >= 15 is 0 Å². The first-order chi connectivity index (χ1) is 9.65. The Labute approximate surface area is 119 Å². The minimum absolute atomic E-state index is 0.0220. The molecule has 2 aromatic rings. The lowest BCUT2D eigenvalue weighted by molar-refractivity contribution is 0.109. The number of ether oxygens (including phenoxy) is 1. The third kappa shape index (κ3) is 2.51. The maximum Gasteiger partial charge on any atom is 0.263 e. The van der Waals surface area contributed by atoms with Gasteiger partial charge in [-0.15, -0.1) is 0 Å². The van der Waals surface area contributed by atoms with Crippen molar-refractivity contribution in [3.63, 3.8) is 0 Å². The molecule has 0 bridgehead atoms. The summed E-state index contributed by atoms with van der Waals surface area (Å²) >= 11 is 6.13. The van der Waals surface area contributed by atoms with E-state index in [4.69, 9.17) is 16.3 Å². The van der Waals surface area contributed by atoms with Gasteiger partial charge >= 0.3 is 0 Å². The van der Waals surface area contributed by atoms with Gasteiger partial charge in [0.15, 0.2) is 5.82 Å². The average molecular weight is 297 g/mol. The van der Waals surface area contributed by atoms with Crippen LogP contribution in [0.3, 0.4) is 0 Å². The summed E-state index contributed by atoms with van der Waals surface area (Å²) in [7, 11) is 0. The van der Waals surface area contributed by atoms with Gasteiger partial charge in [-0.05, 0) is 0 Å². The standard InChI is InChI=1S/C14H11ClF2N2O/c15-12-10-7-20-6-5-11(10)18-14(19-12)9-3-1-8(2-4-9)13(16)17/h1-4,13H,5-7H2. The fourth-order valence-electron chi connectivity index (χ4n) is 2.10. The predicted molar refractivity (Wildman–Crippen MR) is 70.8 cm³/mol. The minimum Gasteiger partial charge on any atom is -0.376 e. The van der Waals surface area contributed by atoms with Crippen molar-refractivity contribution in [1.82, 2.24) is 9.97 Å². The van der Waals surface area contributed by atoms with Gasteiger partial charge in [-0.1, -0.05) is 35.9 Å². The van der Waals surface area contributed by atoms with E-state index in [9.17, 15) is 8.78 Å². The zero-order valence-electron chi connectivity index (χ0n) is 10.4. The van der Waals surface area contributed by atoms with Crippen molar-refractivity contribution in [2.75, 3.05) is 6.61 Å². The van der Waals surface area contributed by atoms with E-state index in [1.54, 1.807) is 12.1 Å². The van der Waals surface area contributed by atoms with E-state index in [0.717, 1.165) is 11.3 Å². The first-order valence-corrected chi connectivity index (χ1v) is 6.54. The number of hydrogen-bond acceptors (Lipinski definition) is 3. The third-order valence-corrected chi connectivity index (χ3v) is 3.51. The Hall–Kier alpha value is -1.59. The summed E-state index contributed by atoms with van der Waals surface area (Å²) in [6.07, 6.45) is -1.80. The van der Waals surface area contributed by atoms with E-state index < -0.39 is 6.43 Å². The monoisotopic (exact) mass is 296 g/mol. The van der Waals surface area contributed by atoms with E-state index in [-0.39, 0.29) is 5.56 Å². The van der Waals surface area contributed by atoms with Crippen molar-refractivity contribution in [1.29, 1.82) is 0 Å². The lowest BCUT2D eigenvalue weighted by atomic mass is 10.1. The van der Waals surface area contributed by atoms with Crippen molar-refractivity contribution >= 4 is 11.6 Å². The highest BCUT2D eigenvalue weighted by molar-refractivity contribution is 6.30. The van der Waals surface area contributed by atoms with Crippen LogP contribution in [0.5, 0.6) is 0 Å². The van der Waals surface area contributed by atoms with Crippen LogP contribution in [0.4, 0.5) is 8.78 Å². The number of fused-ring (bicyclic) bond motifs is 1. The summed E-state index contributed by atoms with van der Waals surface area (Å²) in [6.45, 7) is 1.02. The smallest absolute Gasteiger partial charge is 0.263 e. The molecular weight excluding hydrogens is 286 g/mol. The van der Waals surface area contributed by atoms with Crippen LogP contribution in [0.15, 0.2) is 24.3 Å². The van der Waals surface area contributed by atoms with Gasteiger partial charge in [0, 0.05) is 23.1 Å². The molecule has 6 heteroatoms. The highest BCUT2D eigenvalue weighted by atomic mass is 35.5. The summed E-state index contributed by atoms with van der Waals surface area (Å²) in [4.78, 5) is 8.67. The molecule has 104 valence electrons. The topological polar surface area (TPSA) is 35.0 Å². The number of benzene rings is 1. The number of alkyl halides is 2. The van der Waals surface area contributed by atoms with Gasteiger partial charge in [0.1, 0.15) is 5.15 Å². The molecular formula is C14H11ClF2N2O. The number of hydrogen-bond donors (Lipinski definition) is 0. The predicted octanol–water partition coefficient (Wildman–Crippen LogP) is 3.81. The highest BCUT2D eigenvalue weighted by Gasteiger charge is 2.18. The van der Waals surface area contributed by atoms with Crippen molar-refractivity contribution in [3.8, 4) is 11.4 Å². The van der Waals surface area contributed by atoms with Gasteiger partial charge in [0.05, 0.1) is 18.9 Å². The Morgan fingerprint density at radius 2 is 1.90 bits per heavy atom. The molecule has 0 saturated heterocycles. The summed E-state index contributed by atoms with van der Waals surface area (Å²) in [5.74, 6) is 0.455. The van der Waals surface area contributed by atoms with Crippen LogP contribution in [0.2, 0.25) is 5.15 Å². The fraction of sp³-hybridized carbons (Fsp3) is 0.286. The Bertz CT molecular complexity index is 632.